The van der Waals surface area contributed by atoms with Crippen molar-refractivity contribution in [3.8, 4) is 0 Å². The molecule has 3 unspecified atom stereocenters. The van der Waals surface area contributed by atoms with Gasteiger partial charge in [-0.25, -0.2) is 4.39 Å². The van der Waals surface area contributed by atoms with Crippen LogP contribution in [0.5, 0.6) is 0 Å². The minimum atomic E-state index is -0.340. The van der Waals surface area contributed by atoms with E-state index < -0.39 is 0 Å². The lowest BCUT2D eigenvalue weighted by Crippen LogP contribution is -2.38. The monoisotopic (exact) mass is 276 g/mol. The molecule has 1 saturated heterocycles. The number of hydrogen-bond donors (Lipinski definition) is 1. The fraction of sp³-hybridized carbons (Fsp3) is 0.562. The first kappa shape index (κ1) is 13.6. The summed E-state index contributed by atoms with van der Waals surface area (Å²) in [5, 5.41) is 3.22. The first-order chi connectivity index (χ1) is 9.58. The quantitative estimate of drug-likeness (QED) is 0.917. The number of halogens is 1. The first-order valence-electron chi connectivity index (χ1n) is 7.40. The summed E-state index contributed by atoms with van der Waals surface area (Å²) in [6.45, 7) is 3.92. The van der Waals surface area contributed by atoms with E-state index in [1.807, 2.05) is 17.9 Å². The molecule has 1 aromatic rings. The van der Waals surface area contributed by atoms with Gasteiger partial charge in [-0.1, -0.05) is 31.0 Å². The molecule has 1 amide bonds. The van der Waals surface area contributed by atoms with Gasteiger partial charge in [0.05, 0.1) is 6.04 Å². The molecule has 1 saturated carbocycles. The number of benzene rings is 1. The summed E-state index contributed by atoms with van der Waals surface area (Å²) in [5.41, 5.74) is 0.563. The van der Waals surface area contributed by atoms with Crippen molar-refractivity contribution in [2.24, 2.45) is 5.92 Å². The van der Waals surface area contributed by atoms with Crippen molar-refractivity contribution in [3.05, 3.63) is 35.6 Å². The van der Waals surface area contributed by atoms with Crippen LogP contribution >= 0.6 is 0 Å². The van der Waals surface area contributed by atoms with Crippen LogP contribution in [-0.2, 0) is 4.79 Å². The highest BCUT2D eigenvalue weighted by Gasteiger charge is 2.41. The molecule has 3 atom stereocenters. The molecule has 1 N–H and O–H groups in total. The van der Waals surface area contributed by atoms with Gasteiger partial charge in [0.15, 0.2) is 0 Å². The minimum absolute atomic E-state index is 0.0754. The maximum atomic E-state index is 14.0. The lowest BCUT2D eigenvalue weighted by Gasteiger charge is -2.31. The summed E-state index contributed by atoms with van der Waals surface area (Å²) in [6.07, 6.45) is 3.21. The predicted molar refractivity (Wildman–Crippen MR) is 75.4 cm³/mol. The molecule has 0 radical (unpaired) electrons. The highest BCUT2D eigenvalue weighted by atomic mass is 19.1. The van der Waals surface area contributed by atoms with Gasteiger partial charge in [-0.2, -0.15) is 0 Å². The Labute approximate surface area is 119 Å². The van der Waals surface area contributed by atoms with Crippen LogP contribution in [0.25, 0.3) is 0 Å². The topological polar surface area (TPSA) is 32.3 Å². The van der Waals surface area contributed by atoms with E-state index in [-0.39, 0.29) is 30.0 Å². The molecule has 0 bridgehead atoms. The molecule has 0 spiro atoms. The number of carbonyl (C=O) groups is 1. The second kappa shape index (κ2) is 5.17. The Morgan fingerprint density at radius 1 is 1.40 bits per heavy atom. The average molecular weight is 276 g/mol. The minimum Gasteiger partial charge on any atom is -0.319 e. The van der Waals surface area contributed by atoms with Crippen molar-refractivity contribution < 1.29 is 9.18 Å². The fourth-order valence-corrected chi connectivity index (χ4v) is 3.10. The highest BCUT2D eigenvalue weighted by Crippen LogP contribution is 2.37. The zero-order valence-electron chi connectivity index (χ0n) is 12.0. The van der Waals surface area contributed by atoms with Crippen LogP contribution in [-0.4, -0.2) is 22.9 Å². The summed E-state index contributed by atoms with van der Waals surface area (Å²) >= 11 is 0. The van der Waals surface area contributed by atoms with Crippen molar-refractivity contribution in [3.63, 3.8) is 0 Å². The van der Waals surface area contributed by atoms with Gasteiger partial charge >= 0.3 is 0 Å². The van der Waals surface area contributed by atoms with Crippen molar-refractivity contribution in [1.82, 2.24) is 10.2 Å². The number of rotatable bonds is 4. The van der Waals surface area contributed by atoms with E-state index in [1.165, 1.54) is 18.9 Å². The van der Waals surface area contributed by atoms with Crippen molar-refractivity contribution in [1.29, 1.82) is 0 Å². The zero-order valence-corrected chi connectivity index (χ0v) is 12.0. The van der Waals surface area contributed by atoms with Crippen molar-refractivity contribution >= 4 is 5.91 Å². The van der Waals surface area contributed by atoms with E-state index in [0.717, 1.165) is 12.3 Å². The van der Waals surface area contributed by atoms with Gasteiger partial charge in [0, 0.05) is 11.6 Å². The fourth-order valence-electron chi connectivity index (χ4n) is 3.10. The van der Waals surface area contributed by atoms with E-state index in [9.17, 15) is 9.18 Å². The molecule has 3 rings (SSSR count). The van der Waals surface area contributed by atoms with Crippen molar-refractivity contribution in [2.45, 2.75) is 51.4 Å². The summed E-state index contributed by atoms with van der Waals surface area (Å²) in [7, 11) is 0. The second-order valence-electron chi connectivity index (χ2n) is 6.09. The van der Waals surface area contributed by atoms with E-state index in [0.29, 0.717) is 5.56 Å². The molecule has 3 nitrogen and oxygen atoms in total. The zero-order chi connectivity index (χ0) is 14.3. The molecule has 0 aromatic heterocycles. The molecule has 1 heterocycles. The predicted octanol–water partition coefficient (Wildman–Crippen LogP) is 2.83. The largest absolute Gasteiger partial charge is 0.319 e. The van der Waals surface area contributed by atoms with E-state index in [2.05, 4.69) is 12.2 Å². The lowest BCUT2D eigenvalue weighted by molar-refractivity contribution is -0.132. The van der Waals surface area contributed by atoms with Gasteiger partial charge in [0.1, 0.15) is 12.0 Å². The third kappa shape index (κ3) is 2.44. The summed E-state index contributed by atoms with van der Waals surface area (Å²) in [6, 6.07) is 6.61. The van der Waals surface area contributed by atoms with E-state index in [1.54, 1.807) is 12.1 Å². The second-order valence-corrected chi connectivity index (χ2v) is 6.09. The van der Waals surface area contributed by atoms with Crippen LogP contribution in [0.4, 0.5) is 4.39 Å². The average Bonchev–Trinajstić information content (AvgIpc) is 3.17. The third-order valence-corrected chi connectivity index (χ3v) is 4.36. The number of carbonyl (C=O) groups excluding carboxylic acids is 1. The van der Waals surface area contributed by atoms with Gasteiger partial charge < -0.3 is 4.90 Å². The number of nitrogens with zero attached hydrogens (tertiary/aromatic N) is 1. The number of amides is 1. The standard InChI is InChI=1S/C16H21FN2O/c1-10(9-12-7-8-12)19-15(18-11(2)16(19)20)13-5-3-4-6-14(13)17/h3-6,10-12,15,18H,7-9H2,1-2H3. The molecule has 20 heavy (non-hydrogen) atoms. The summed E-state index contributed by atoms with van der Waals surface area (Å²) in [5.74, 6) is 0.567. The maximum absolute atomic E-state index is 14.0. The van der Waals surface area contributed by atoms with Crippen LogP contribution in [0, 0.1) is 11.7 Å². The first-order valence-corrected chi connectivity index (χ1v) is 7.40. The van der Waals surface area contributed by atoms with Gasteiger partial charge in [0.25, 0.3) is 0 Å². The number of nitrogens with one attached hydrogen (secondary N) is 1. The van der Waals surface area contributed by atoms with Crippen LogP contribution in [0.2, 0.25) is 0 Å². The van der Waals surface area contributed by atoms with E-state index in [4.69, 9.17) is 0 Å². The van der Waals surface area contributed by atoms with Crippen LogP contribution in [0.1, 0.15) is 44.8 Å². The SMILES string of the molecule is CC1NC(c2ccccc2F)N(C(C)CC2CC2)C1=O. The molecule has 1 aliphatic carbocycles. The molecule has 4 heteroatoms. The van der Waals surface area contributed by atoms with Crippen LogP contribution < -0.4 is 5.32 Å². The molecule has 1 aromatic carbocycles. The Morgan fingerprint density at radius 2 is 2.10 bits per heavy atom. The Morgan fingerprint density at radius 3 is 2.75 bits per heavy atom. The van der Waals surface area contributed by atoms with Crippen molar-refractivity contribution in [2.75, 3.05) is 0 Å². The maximum Gasteiger partial charge on any atom is 0.241 e. The highest BCUT2D eigenvalue weighted by molar-refractivity contribution is 5.84. The third-order valence-electron chi connectivity index (χ3n) is 4.36. The van der Waals surface area contributed by atoms with Gasteiger partial charge in [-0.15, -0.1) is 0 Å². The van der Waals surface area contributed by atoms with Gasteiger partial charge in [0.2, 0.25) is 5.91 Å². The lowest BCUT2D eigenvalue weighted by atomic mass is 10.1. The summed E-state index contributed by atoms with van der Waals surface area (Å²) in [4.78, 5) is 14.2. The van der Waals surface area contributed by atoms with E-state index >= 15 is 0 Å². The molecule has 1 aliphatic heterocycles. The van der Waals surface area contributed by atoms with Gasteiger partial charge in [-0.3, -0.25) is 10.1 Å². The summed E-state index contributed by atoms with van der Waals surface area (Å²) < 4.78 is 14.0. The molecule has 108 valence electrons. The molecule has 2 fully saturated rings. The Bertz CT molecular complexity index is 515. The Kier molecular flexibility index (Phi) is 3.50. The molecular formula is C16H21FN2O. The smallest absolute Gasteiger partial charge is 0.241 e. The molecule has 2 aliphatic rings. The normalized spacial score (nSPS) is 27.9. The Balaban J connectivity index is 1.87. The van der Waals surface area contributed by atoms with Crippen LogP contribution in [0.3, 0.4) is 0 Å². The number of hydrogen-bond acceptors (Lipinski definition) is 2. The Hall–Kier alpha value is -1.42. The van der Waals surface area contributed by atoms with Crippen LogP contribution in [0.15, 0.2) is 24.3 Å². The van der Waals surface area contributed by atoms with Gasteiger partial charge in [-0.05, 0) is 32.3 Å². The molecular weight excluding hydrogens is 255 g/mol.